The molecule has 0 aliphatic heterocycles. The molecule has 0 aromatic rings. The van der Waals surface area contributed by atoms with Gasteiger partial charge < -0.3 is 19.6 Å². The molecule has 8 nitrogen and oxygen atoms in total. The monoisotopic (exact) mass is 306 g/mol. The molecule has 10 heteroatoms. The van der Waals surface area contributed by atoms with E-state index < -0.39 is 28.9 Å². The Kier molecular flexibility index (Phi) is 16.7. The number of phosphoric acid groups is 2. The highest BCUT2D eigenvalue weighted by Gasteiger charge is 2.16. The minimum absolute atomic E-state index is 0.588. The molecule has 0 rings (SSSR count). The van der Waals surface area contributed by atoms with E-state index in [2.05, 4.69) is 22.2 Å². The lowest BCUT2D eigenvalue weighted by Crippen LogP contribution is -2.01. The first kappa shape index (κ1) is 22.8. The molecule has 0 unspecified atom stereocenters. The molecule has 0 atom stereocenters. The summed E-state index contributed by atoms with van der Waals surface area (Å²) in [6, 6.07) is 0. The average Bonchev–Trinajstić information content (AvgIpc) is 2.12. The predicted octanol–water partition coefficient (Wildman–Crippen LogP) is 1.59. The van der Waals surface area contributed by atoms with Gasteiger partial charge in [-0.3, -0.25) is 9.05 Å². The summed E-state index contributed by atoms with van der Waals surface area (Å²) in [6.45, 7) is 9.32. The molecule has 0 spiro atoms. The van der Waals surface area contributed by atoms with Gasteiger partial charge in [0.2, 0.25) is 0 Å². The molecule has 110 valence electrons. The van der Waals surface area contributed by atoms with Crippen LogP contribution < -0.4 is 0 Å². The fraction of sp³-hybridized carbons (Fsp3) is 0.500. The van der Waals surface area contributed by atoms with E-state index in [4.69, 9.17) is 19.6 Å². The Bertz CT molecular complexity index is 261. The molecular weight excluding hydrogens is 286 g/mol. The van der Waals surface area contributed by atoms with Crippen LogP contribution in [0.3, 0.4) is 0 Å². The van der Waals surface area contributed by atoms with E-state index in [0.717, 1.165) is 0 Å². The Morgan fingerprint density at radius 1 is 0.889 bits per heavy atom. The SMILES string of the molecule is C=CC.C=CC.O=P(O)(O)OCCOP(=O)(O)O. The van der Waals surface area contributed by atoms with Crippen LogP contribution in [0.5, 0.6) is 0 Å². The molecule has 0 fully saturated rings. The Labute approximate surface area is 106 Å². The maximum atomic E-state index is 9.98. The Morgan fingerprint density at radius 2 is 1.06 bits per heavy atom. The van der Waals surface area contributed by atoms with Crippen molar-refractivity contribution in [2.75, 3.05) is 13.2 Å². The quantitative estimate of drug-likeness (QED) is 0.342. The van der Waals surface area contributed by atoms with Gasteiger partial charge in [-0.05, 0) is 13.8 Å². The number of allylic oxidation sites excluding steroid dienone is 2. The summed E-state index contributed by atoms with van der Waals surface area (Å²) in [7, 11) is -9.16. The topological polar surface area (TPSA) is 134 Å². The lowest BCUT2D eigenvalue weighted by molar-refractivity contribution is 0.134. The summed E-state index contributed by atoms with van der Waals surface area (Å²) < 4.78 is 27.6. The highest BCUT2D eigenvalue weighted by molar-refractivity contribution is 7.46. The van der Waals surface area contributed by atoms with Crippen LogP contribution in [0.4, 0.5) is 0 Å². The van der Waals surface area contributed by atoms with Gasteiger partial charge in [-0.2, -0.15) is 0 Å². The molecular formula is C8H20O8P2. The van der Waals surface area contributed by atoms with Crippen LogP contribution in [-0.2, 0) is 18.2 Å². The van der Waals surface area contributed by atoms with Crippen LogP contribution in [0.15, 0.2) is 25.3 Å². The molecule has 0 bridgehead atoms. The number of rotatable bonds is 5. The minimum atomic E-state index is -4.58. The summed E-state index contributed by atoms with van der Waals surface area (Å²) >= 11 is 0. The Balaban J connectivity index is -0.000000315. The third-order valence-electron chi connectivity index (χ3n) is 0.602. The summed E-state index contributed by atoms with van der Waals surface area (Å²) in [5, 5.41) is 0. The third kappa shape index (κ3) is 44.8. The fourth-order valence-electron chi connectivity index (χ4n) is 0.312. The first-order valence-corrected chi connectivity index (χ1v) is 7.64. The highest BCUT2D eigenvalue weighted by atomic mass is 31.2. The van der Waals surface area contributed by atoms with Crippen LogP contribution in [-0.4, -0.2) is 32.8 Å². The lowest BCUT2D eigenvalue weighted by atomic mass is 10.8. The molecule has 0 amide bonds. The number of hydrogen-bond acceptors (Lipinski definition) is 4. The van der Waals surface area contributed by atoms with Crippen LogP contribution in [0.2, 0.25) is 0 Å². The van der Waals surface area contributed by atoms with Crippen LogP contribution in [0, 0.1) is 0 Å². The normalized spacial score (nSPS) is 10.3. The standard InChI is InChI=1S/2C3H6.C2H8O8P2/c2*1-3-2;3-11(4,5)9-1-2-10-12(6,7)8/h2*3H,1H2,2H3;1-2H2,(H2,3,4,5)(H2,6,7,8). The van der Waals surface area contributed by atoms with Gasteiger partial charge in [0.05, 0.1) is 13.2 Å². The van der Waals surface area contributed by atoms with E-state index in [1.165, 1.54) is 0 Å². The highest BCUT2D eigenvalue weighted by Crippen LogP contribution is 2.38. The van der Waals surface area contributed by atoms with Gasteiger partial charge in [-0.15, -0.1) is 13.2 Å². The zero-order valence-electron chi connectivity index (χ0n) is 10.3. The summed E-state index contributed by atoms with van der Waals surface area (Å²) in [5.74, 6) is 0. The molecule has 0 aliphatic rings. The smallest absolute Gasteiger partial charge is 0.303 e. The minimum Gasteiger partial charge on any atom is -0.303 e. The van der Waals surface area contributed by atoms with Crippen LogP contribution in [0.1, 0.15) is 13.8 Å². The molecule has 0 saturated heterocycles. The lowest BCUT2D eigenvalue weighted by Gasteiger charge is -2.06. The second-order valence-electron chi connectivity index (χ2n) is 2.46. The third-order valence-corrected chi connectivity index (χ3v) is 1.64. The summed E-state index contributed by atoms with van der Waals surface area (Å²) in [5.41, 5.74) is 0. The first-order valence-electron chi connectivity index (χ1n) is 4.58. The van der Waals surface area contributed by atoms with Crippen molar-refractivity contribution >= 4 is 15.6 Å². The van der Waals surface area contributed by atoms with Gasteiger partial charge in [0, 0.05) is 0 Å². The van der Waals surface area contributed by atoms with Gasteiger partial charge in [0.1, 0.15) is 0 Å². The van der Waals surface area contributed by atoms with Crippen molar-refractivity contribution in [3.05, 3.63) is 25.3 Å². The molecule has 0 aromatic carbocycles. The Morgan fingerprint density at radius 3 is 1.17 bits per heavy atom. The van der Waals surface area contributed by atoms with E-state index in [-0.39, 0.29) is 0 Å². The van der Waals surface area contributed by atoms with Gasteiger partial charge in [0.25, 0.3) is 0 Å². The van der Waals surface area contributed by atoms with Gasteiger partial charge >= 0.3 is 15.6 Å². The molecule has 0 saturated carbocycles. The Hall–Kier alpha value is -0.300. The maximum Gasteiger partial charge on any atom is 0.469 e. The number of phosphoric ester groups is 2. The van der Waals surface area contributed by atoms with Crippen LogP contribution >= 0.6 is 15.6 Å². The molecule has 0 heterocycles. The van der Waals surface area contributed by atoms with E-state index in [0.29, 0.717) is 0 Å². The van der Waals surface area contributed by atoms with Crippen molar-refractivity contribution in [3.8, 4) is 0 Å². The van der Waals surface area contributed by atoms with Crippen molar-refractivity contribution in [1.29, 1.82) is 0 Å². The van der Waals surface area contributed by atoms with Gasteiger partial charge in [0.15, 0.2) is 0 Å². The maximum absolute atomic E-state index is 9.98. The van der Waals surface area contributed by atoms with Gasteiger partial charge in [-0.25, -0.2) is 9.13 Å². The van der Waals surface area contributed by atoms with Crippen molar-refractivity contribution in [2.45, 2.75) is 13.8 Å². The molecule has 4 N–H and O–H groups in total. The second-order valence-corrected chi connectivity index (χ2v) is 4.94. The van der Waals surface area contributed by atoms with E-state index in [1.54, 1.807) is 12.2 Å². The zero-order valence-corrected chi connectivity index (χ0v) is 12.1. The zero-order chi connectivity index (χ0) is 15.2. The molecule has 0 aromatic heterocycles. The average molecular weight is 306 g/mol. The largest absolute Gasteiger partial charge is 0.469 e. The molecule has 18 heavy (non-hydrogen) atoms. The van der Waals surface area contributed by atoms with Crippen molar-refractivity contribution < 1.29 is 37.8 Å². The van der Waals surface area contributed by atoms with E-state index in [1.807, 2.05) is 13.8 Å². The second kappa shape index (κ2) is 13.1. The summed E-state index contributed by atoms with van der Waals surface area (Å²) in [6.07, 6.45) is 3.50. The van der Waals surface area contributed by atoms with Crippen molar-refractivity contribution in [2.24, 2.45) is 0 Å². The van der Waals surface area contributed by atoms with E-state index >= 15 is 0 Å². The van der Waals surface area contributed by atoms with E-state index in [9.17, 15) is 9.13 Å². The fourth-order valence-corrected chi connectivity index (χ4v) is 0.937. The van der Waals surface area contributed by atoms with Gasteiger partial charge in [-0.1, -0.05) is 12.2 Å². The summed E-state index contributed by atoms with van der Waals surface area (Å²) in [4.78, 5) is 32.3. The van der Waals surface area contributed by atoms with Crippen molar-refractivity contribution in [3.63, 3.8) is 0 Å². The van der Waals surface area contributed by atoms with Crippen molar-refractivity contribution in [1.82, 2.24) is 0 Å². The first-order chi connectivity index (χ1) is 8.04. The van der Waals surface area contributed by atoms with Crippen LogP contribution in [0.25, 0.3) is 0 Å². The predicted molar refractivity (Wildman–Crippen MR) is 67.7 cm³/mol. The molecule has 0 aliphatic carbocycles. The number of hydrogen-bond donors (Lipinski definition) is 4. The molecule has 0 radical (unpaired) electrons.